The van der Waals surface area contributed by atoms with E-state index in [0.717, 1.165) is 24.2 Å². The summed E-state index contributed by atoms with van der Waals surface area (Å²) in [5.41, 5.74) is 2.08. The third kappa shape index (κ3) is 3.37. The minimum atomic E-state index is -3.60. The second-order valence-corrected chi connectivity index (χ2v) is 8.08. The van der Waals surface area contributed by atoms with Crippen LogP contribution in [0.3, 0.4) is 0 Å². The molecule has 26 heavy (non-hydrogen) atoms. The molecule has 0 aliphatic carbocycles. The Morgan fingerprint density at radius 3 is 2.69 bits per heavy atom. The predicted molar refractivity (Wildman–Crippen MR) is 101 cm³/mol. The molecule has 2 heterocycles. The Morgan fingerprint density at radius 1 is 1.19 bits per heavy atom. The fraction of sp³-hybridized carbons (Fsp3) is 0.368. The fourth-order valence-corrected chi connectivity index (χ4v) is 4.77. The highest BCUT2D eigenvalue weighted by Gasteiger charge is 2.26. The molecule has 0 fully saturated rings. The number of fused-ring (bicyclic) bond motifs is 1. The fourth-order valence-electron chi connectivity index (χ4n) is 3.26. The van der Waals surface area contributed by atoms with Crippen LogP contribution in [0.5, 0.6) is 0 Å². The van der Waals surface area contributed by atoms with Gasteiger partial charge in [0.2, 0.25) is 10.0 Å². The van der Waals surface area contributed by atoms with Crippen molar-refractivity contribution in [2.75, 3.05) is 24.5 Å². The summed E-state index contributed by atoms with van der Waals surface area (Å²) in [6.07, 6.45) is 3.41. The Morgan fingerprint density at radius 2 is 1.96 bits per heavy atom. The first-order chi connectivity index (χ1) is 12.5. The van der Waals surface area contributed by atoms with E-state index in [1.165, 1.54) is 16.4 Å². The van der Waals surface area contributed by atoms with E-state index < -0.39 is 10.0 Å². The molecule has 0 N–H and O–H groups in total. The van der Waals surface area contributed by atoms with Crippen LogP contribution in [0.1, 0.15) is 36.3 Å². The minimum absolute atomic E-state index is 0.149. The molecule has 7 heteroatoms. The van der Waals surface area contributed by atoms with E-state index in [1.54, 1.807) is 37.1 Å². The third-order valence-corrected chi connectivity index (χ3v) is 6.67. The van der Waals surface area contributed by atoms with Crippen LogP contribution in [0.25, 0.3) is 0 Å². The number of rotatable bonds is 5. The number of pyridine rings is 1. The number of anilines is 1. The number of sulfonamides is 1. The number of benzene rings is 1. The van der Waals surface area contributed by atoms with Gasteiger partial charge in [0.15, 0.2) is 0 Å². The van der Waals surface area contributed by atoms with Crippen LogP contribution in [0.4, 0.5) is 5.69 Å². The van der Waals surface area contributed by atoms with Gasteiger partial charge in [0.25, 0.3) is 5.91 Å². The zero-order valence-electron chi connectivity index (χ0n) is 15.1. The highest BCUT2D eigenvalue weighted by Crippen LogP contribution is 2.27. The molecular weight excluding hydrogens is 350 g/mol. The van der Waals surface area contributed by atoms with Gasteiger partial charge in [0.1, 0.15) is 0 Å². The van der Waals surface area contributed by atoms with Crippen molar-refractivity contribution in [1.82, 2.24) is 9.29 Å². The quantitative estimate of drug-likeness (QED) is 0.808. The van der Waals surface area contributed by atoms with Crippen molar-refractivity contribution in [1.29, 1.82) is 0 Å². The second-order valence-electron chi connectivity index (χ2n) is 6.15. The van der Waals surface area contributed by atoms with Crippen LogP contribution < -0.4 is 4.90 Å². The Hall–Kier alpha value is -2.25. The van der Waals surface area contributed by atoms with Crippen LogP contribution >= 0.6 is 0 Å². The molecule has 3 rings (SSSR count). The molecule has 1 aliphatic heterocycles. The maximum Gasteiger partial charge on any atom is 0.258 e. The van der Waals surface area contributed by atoms with Crippen molar-refractivity contribution in [2.45, 2.75) is 31.6 Å². The molecule has 1 aromatic carbocycles. The number of carbonyl (C=O) groups is 1. The largest absolute Gasteiger partial charge is 0.307 e. The predicted octanol–water partition coefficient (Wildman–Crippen LogP) is 2.71. The van der Waals surface area contributed by atoms with Gasteiger partial charge in [-0.05, 0) is 43.2 Å². The topological polar surface area (TPSA) is 70.6 Å². The van der Waals surface area contributed by atoms with Crippen LogP contribution in [0, 0.1) is 0 Å². The third-order valence-electron chi connectivity index (χ3n) is 4.62. The lowest BCUT2D eigenvalue weighted by atomic mass is 10.1. The highest BCUT2D eigenvalue weighted by molar-refractivity contribution is 7.89. The first-order valence-electron chi connectivity index (χ1n) is 8.85. The molecule has 1 aromatic heterocycles. The van der Waals surface area contributed by atoms with E-state index >= 15 is 0 Å². The van der Waals surface area contributed by atoms with Crippen molar-refractivity contribution >= 4 is 21.6 Å². The molecule has 0 atom stereocenters. The Labute approximate surface area is 154 Å². The Balaban J connectivity index is 1.96. The molecule has 1 aliphatic rings. The molecule has 1 amide bonds. The average Bonchev–Trinajstić information content (AvgIpc) is 2.68. The van der Waals surface area contributed by atoms with E-state index in [2.05, 4.69) is 4.98 Å². The molecule has 0 saturated carbocycles. The van der Waals surface area contributed by atoms with E-state index in [1.807, 2.05) is 12.1 Å². The van der Waals surface area contributed by atoms with Gasteiger partial charge in [-0.25, -0.2) is 8.42 Å². The zero-order chi connectivity index (χ0) is 18.7. The molecule has 0 radical (unpaired) electrons. The molecule has 0 saturated heterocycles. The van der Waals surface area contributed by atoms with E-state index in [9.17, 15) is 13.2 Å². The summed E-state index contributed by atoms with van der Waals surface area (Å²) in [6, 6.07) is 9.99. The second kappa shape index (κ2) is 7.55. The number of aromatic nitrogens is 1. The highest BCUT2D eigenvalue weighted by atomic mass is 32.2. The van der Waals surface area contributed by atoms with Crippen molar-refractivity contribution in [3.05, 3.63) is 53.9 Å². The van der Waals surface area contributed by atoms with Crippen LogP contribution in [-0.2, 0) is 16.4 Å². The summed E-state index contributed by atoms with van der Waals surface area (Å²) in [6.45, 7) is 4.98. The van der Waals surface area contributed by atoms with E-state index in [0.29, 0.717) is 25.2 Å². The zero-order valence-corrected chi connectivity index (χ0v) is 15.9. The van der Waals surface area contributed by atoms with Crippen molar-refractivity contribution in [2.24, 2.45) is 0 Å². The lowest BCUT2D eigenvalue weighted by Crippen LogP contribution is -2.36. The standard InChI is InChI=1S/C19H23N3O3S/c1-3-21(4-2)26(24,25)16-9-5-8-15(14-16)19(23)22-13-7-10-17-18(22)11-6-12-20-17/h5-6,8-9,11-12,14H,3-4,7,10,13H2,1-2H3. The summed E-state index contributed by atoms with van der Waals surface area (Å²) in [7, 11) is -3.60. The molecule has 2 aromatic rings. The normalized spacial score (nSPS) is 14.3. The summed E-state index contributed by atoms with van der Waals surface area (Å²) < 4.78 is 26.9. The number of nitrogens with zero attached hydrogens (tertiary/aromatic N) is 3. The van der Waals surface area contributed by atoms with Crippen LogP contribution in [0.2, 0.25) is 0 Å². The van der Waals surface area contributed by atoms with Crippen molar-refractivity contribution in [3.63, 3.8) is 0 Å². The number of aryl methyl sites for hydroxylation is 1. The SMILES string of the molecule is CCN(CC)S(=O)(=O)c1cccc(C(=O)N2CCCc3ncccc32)c1. The van der Waals surface area contributed by atoms with E-state index in [4.69, 9.17) is 0 Å². The Bertz CT molecular complexity index is 908. The molecule has 0 spiro atoms. The van der Waals surface area contributed by atoms with Crippen LogP contribution in [-0.4, -0.2) is 43.2 Å². The molecular formula is C19H23N3O3S. The average molecular weight is 373 g/mol. The molecule has 0 bridgehead atoms. The first-order valence-corrected chi connectivity index (χ1v) is 10.3. The summed E-state index contributed by atoms with van der Waals surface area (Å²) in [4.78, 5) is 19.2. The number of amides is 1. The van der Waals surface area contributed by atoms with Gasteiger partial charge in [-0.15, -0.1) is 0 Å². The van der Waals surface area contributed by atoms with Crippen LogP contribution in [0.15, 0.2) is 47.5 Å². The smallest absolute Gasteiger partial charge is 0.258 e. The number of hydrogen-bond acceptors (Lipinski definition) is 4. The number of hydrogen-bond donors (Lipinski definition) is 0. The maximum absolute atomic E-state index is 13.0. The minimum Gasteiger partial charge on any atom is -0.307 e. The van der Waals surface area contributed by atoms with Gasteiger partial charge in [-0.2, -0.15) is 4.31 Å². The molecule has 6 nitrogen and oxygen atoms in total. The first kappa shape index (κ1) is 18.5. The van der Waals surface area contributed by atoms with Crippen molar-refractivity contribution in [3.8, 4) is 0 Å². The summed E-state index contributed by atoms with van der Waals surface area (Å²) in [5.74, 6) is -0.199. The van der Waals surface area contributed by atoms with E-state index in [-0.39, 0.29) is 10.8 Å². The van der Waals surface area contributed by atoms with Gasteiger partial charge in [-0.1, -0.05) is 19.9 Å². The van der Waals surface area contributed by atoms with Gasteiger partial charge in [-0.3, -0.25) is 9.78 Å². The summed E-state index contributed by atoms with van der Waals surface area (Å²) >= 11 is 0. The van der Waals surface area contributed by atoms with Gasteiger partial charge in [0, 0.05) is 31.4 Å². The van der Waals surface area contributed by atoms with Crippen molar-refractivity contribution < 1.29 is 13.2 Å². The summed E-state index contributed by atoms with van der Waals surface area (Å²) in [5, 5.41) is 0. The lowest BCUT2D eigenvalue weighted by Gasteiger charge is -2.28. The van der Waals surface area contributed by atoms with Gasteiger partial charge in [0.05, 0.1) is 16.3 Å². The Kier molecular flexibility index (Phi) is 5.38. The monoisotopic (exact) mass is 373 g/mol. The van der Waals surface area contributed by atoms with Gasteiger partial charge >= 0.3 is 0 Å². The van der Waals surface area contributed by atoms with Gasteiger partial charge < -0.3 is 4.90 Å². The number of carbonyl (C=O) groups excluding carboxylic acids is 1. The molecule has 138 valence electrons. The maximum atomic E-state index is 13.0. The molecule has 0 unspecified atom stereocenters. The lowest BCUT2D eigenvalue weighted by molar-refractivity contribution is 0.0984.